The number of fused-ring (bicyclic) bond motifs is 1. The number of nitrogens with zero attached hydrogens (tertiary/aromatic N) is 6. The van der Waals surface area contributed by atoms with Gasteiger partial charge in [0.2, 0.25) is 0 Å². The number of hydrogen-bond donors (Lipinski definition) is 0. The maximum Gasteiger partial charge on any atom is 0.288 e. The number of hydrogen-bond acceptors (Lipinski definition) is 10. The average molecular weight is 499 g/mol. The molecule has 1 saturated carbocycles. The Hall–Kier alpha value is -3.71. The summed E-state index contributed by atoms with van der Waals surface area (Å²) in [4.78, 5) is 29.5. The summed E-state index contributed by atoms with van der Waals surface area (Å²) < 4.78 is 25.7. The topological polar surface area (TPSA) is 141 Å². The van der Waals surface area contributed by atoms with E-state index in [9.17, 15) is 23.3 Å². The molecule has 174 valence electrons. The van der Waals surface area contributed by atoms with Gasteiger partial charge in [0.25, 0.3) is 11.2 Å². The van der Waals surface area contributed by atoms with Crippen molar-refractivity contribution in [2.45, 2.75) is 23.3 Å². The van der Waals surface area contributed by atoms with Crippen LogP contribution in [-0.2, 0) is 15.4 Å². The van der Waals surface area contributed by atoms with Gasteiger partial charge in [-0.3, -0.25) is 14.9 Å². The summed E-state index contributed by atoms with van der Waals surface area (Å²) >= 11 is 0.971. The fourth-order valence-corrected chi connectivity index (χ4v) is 5.63. The van der Waals surface area contributed by atoms with Crippen LogP contribution in [0.3, 0.4) is 0 Å². The largest absolute Gasteiger partial charge is 0.340 e. The number of sulfone groups is 1. The van der Waals surface area contributed by atoms with E-state index in [0.29, 0.717) is 5.69 Å². The molecule has 2 aromatic carbocycles. The molecule has 34 heavy (non-hydrogen) atoms. The summed E-state index contributed by atoms with van der Waals surface area (Å²) in [5.74, 6) is 0. The Labute approximate surface area is 197 Å². The van der Waals surface area contributed by atoms with E-state index in [1.807, 2.05) is 36.5 Å². The molecular formula is C21H18N6O5S2. The molecule has 0 amide bonds. The van der Waals surface area contributed by atoms with Crippen LogP contribution in [0.2, 0.25) is 0 Å². The Morgan fingerprint density at radius 3 is 2.53 bits per heavy atom. The first-order valence-corrected chi connectivity index (χ1v) is 12.9. The van der Waals surface area contributed by atoms with Crippen LogP contribution in [-0.4, -0.2) is 46.6 Å². The molecule has 4 aromatic rings. The number of nitro benzene ring substituents is 1. The lowest BCUT2D eigenvalue weighted by molar-refractivity contribution is -0.383. The van der Waals surface area contributed by atoms with Gasteiger partial charge in [0.15, 0.2) is 15.0 Å². The standard InChI is InChI=1S/C21H18N6O5S2/c1-25(21(8-9-21)17-12-26(24-23-17)13-6-4-3-5-7-13)20-22-19(28)15-10-14(34(2,31)32)11-16(27(29)30)18(15)33-20/h3-7,10-12H,8-9H2,1-2H3. The van der Waals surface area contributed by atoms with Gasteiger partial charge in [-0.1, -0.05) is 34.7 Å². The third-order valence-corrected chi connectivity index (χ3v) is 8.21. The number of nitro groups is 1. The maximum absolute atomic E-state index is 12.9. The van der Waals surface area contributed by atoms with Gasteiger partial charge in [-0.25, -0.2) is 13.1 Å². The molecule has 2 aromatic heterocycles. The van der Waals surface area contributed by atoms with Crippen LogP contribution in [0.1, 0.15) is 18.5 Å². The normalized spacial score (nSPS) is 14.8. The van der Waals surface area contributed by atoms with Gasteiger partial charge in [0, 0.05) is 19.4 Å². The lowest BCUT2D eigenvalue weighted by Crippen LogP contribution is -2.33. The van der Waals surface area contributed by atoms with Crippen molar-refractivity contribution in [3.05, 3.63) is 74.8 Å². The van der Waals surface area contributed by atoms with Crippen molar-refractivity contribution >= 4 is 42.1 Å². The van der Waals surface area contributed by atoms with Crippen molar-refractivity contribution in [2.24, 2.45) is 0 Å². The van der Waals surface area contributed by atoms with Crippen LogP contribution in [0.4, 0.5) is 10.8 Å². The molecular weight excluding hydrogens is 480 g/mol. The molecule has 5 rings (SSSR count). The third kappa shape index (κ3) is 3.62. The fraction of sp³-hybridized carbons (Fsp3) is 0.238. The molecule has 0 spiro atoms. The van der Waals surface area contributed by atoms with Gasteiger partial charge in [-0.05, 0) is 31.0 Å². The van der Waals surface area contributed by atoms with Crippen molar-refractivity contribution in [2.75, 3.05) is 18.2 Å². The first-order valence-electron chi connectivity index (χ1n) is 10.2. The van der Waals surface area contributed by atoms with Crippen LogP contribution < -0.4 is 10.5 Å². The minimum Gasteiger partial charge on any atom is -0.340 e. The molecule has 1 aliphatic rings. The summed E-state index contributed by atoms with van der Waals surface area (Å²) in [6.07, 6.45) is 4.24. The maximum atomic E-state index is 12.9. The average Bonchev–Trinajstić information content (AvgIpc) is 3.46. The first-order chi connectivity index (χ1) is 16.1. The molecule has 11 nitrogen and oxygen atoms in total. The second-order valence-corrected chi connectivity index (χ2v) is 11.1. The molecule has 0 saturated heterocycles. The van der Waals surface area contributed by atoms with Crippen molar-refractivity contribution in [3.63, 3.8) is 0 Å². The van der Waals surface area contributed by atoms with E-state index in [0.717, 1.165) is 48.3 Å². The van der Waals surface area contributed by atoms with E-state index in [4.69, 9.17) is 0 Å². The highest BCUT2D eigenvalue weighted by Gasteiger charge is 2.51. The minimum absolute atomic E-state index is 0.0722. The summed E-state index contributed by atoms with van der Waals surface area (Å²) in [5.41, 5.74) is -0.171. The van der Waals surface area contributed by atoms with Crippen molar-refractivity contribution in [3.8, 4) is 5.69 Å². The van der Waals surface area contributed by atoms with Crippen LogP contribution in [0, 0.1) is 10.1 Å². The Kier molecular flexibility index (Phi) is 4.98. The van der Waals surface area contributed by atoms with Crippen LogP contribution in [0.15, 0.2) is 58.4 Å². The molecule has 1 fully saturated rings. The number of benzene rings is 2. The molecule has 0 radical (unpaired) electrons. The highest BCUT2D eigenvalue weighted by Crippen LogP contribution is 2.51. The number of non-ortho nitro benzene ring substituents is 1. The second-order valence-electron chi connectivity index (χ2n) is 8.12. The van der Waals surface area contributed by atoms with E-state index in [-0.39, 0.29) is 20.1 Å². The van der Waals surface area contributed by atoms with Gasteiger partial charge < -0.3 is 4.90 Å². The number of aromatic nitrogens is 4. The van der Waals surface area contributed by atoms with Crippen molar-refractivity contribution < 1.29 is 13.3 Å². The first kappa shape index (κ1) is 22.1. The molecule has 1 aliphatic carbocycles. The Morgan fingerprint density at radius 1 is 1.21 bits per heavy atom. The Morgan fingerprint density at radius 2 is 1.91 bits per heavy atom. The zero-order chi connectivity index (χ0) is 24.3. The summed E-state index contributed by atoms with van der Waals surface area (Å²) in [6, 6.07) is 11.6. The van der Waals surface area contributed by atoms with Gasteiger partial charge in [-0.15, -0.1) is 5.10 Å². The lowest BCUT2D eigenvalue weighted by Gasteiger charge is -2.26. The smallest absolute Gasteiger partial charge is 0.288 e. The predicted octanol–water partition coefficient (Wildman–Crippen LogP) is 2.67. The zero-order valence-corrected chi connectivity index (χ0v) is 19.7. The fourth-order valence-electron chi connectivity index (χ4n) is 3.86. The third-order valence-electron chi connectivity index (χ3n) is 5.93. The molecule has 0 aliphatic heterocycles. The highest BCUT2D eigenvalue weighted by atomic mass is 32.2. The van der Waals surface area contributed by atoms with E-state index in [1.54, 1.807) is 16.6 Å². The lowest BCUT2D eigenvalue weighted by atomic mass is 10.2. The molecule has 13 heteroatoms. The van der Waals surface area contributed by atoms with E-state index in [2.05, 4.69) is 15.3 Å². The van der Waals surface area contributed by atoms with Crippen molar-refractivity contribution in [1.82, 2.24) is 20.0 Å². The number of para-hydroxylation sites is 1. The highest BCUT2D eigenvalue weighted by molar-refractivity contribution is 7.90. The molecule has 2 heterocycles. The number of rotatable bonds is 6. The van der Waals surface area contributed by atoms with Crippen LogP contribution in [0.5, 0.6) is 0 Å². The van der Waals surface area contributed by atoms with Crippen LogP contribution in [0.25, 0.3) is 15.8 Å². The monoisotopic (exact) mass is 498 g/mol. The number of anilines is 1. The summed E-state index contributed by atoms with van der Waals surface area (Å²) in [6.45, 7) is 0. The predicted molar refractivity (Wildman–Crippen MR) is 126 cm³/mol. The summed E-state index contributed by atoms with van der Waals surface area (Å²) in [5, 5.41) is 20.5. The Bertz CT molecular complexity index is 1610. The minimum atomic E-state index is -3.76. The van der Waals surface area contributed by atoms with Gasteiger partial charge in [-0.2, -0.15) is 4.98 Å². The van der Waals surface area contributed by atoms with E-state index >= 15 is 0 Å². The van der Waals surface area contributed by atoms with Gasteiger partial charge in [0.1, 0.15) is 10.4 Å². The Balaban J connectivity index is 1.60. The molecule has 0 bridgehead atoms. The van der Waals surface area contributed by atoms with Crippen molar-refractivity contribution in [1.29, 1.82) is 0 Å². The zero-order valence-electron chi connectivity index (χ0n) is 18.1. The molecule has 0 atom stereocenters. The van der Waals surface area contributed by atoms with Gasteiger partial charge >= 0.3 is 0 Å². The SMILES string of the molecule is CN(c1nc(=O)c2cc(S(C)(=O)=O)cc([N+](=O)[O-])c2s1)C1(c2cn(-c3ccccc3)nn2)CC1. The summed E-state index contributed by atoms with van der Waals surface area (Å²) in [7, 11) is -2.00. The molecule has 0 N–H and O–H groups in total. The van der Waals surface area contributed by atoms with Gasteiger partial charge in [0.05, 0.1) is 32.6 Å². The second kappa shape index (κ2) is 7.67. The quantitative estimate of drug-likeness (QED) is 0.290. The van der Waals surface area contributed by atoms with Crippen LogP contribution >= 0.6 is 11.3 Å². The molecule has 0 unspecified atom stereocenters. The van der Waals surface area contributed by atoms with E-state index < -0.39 is 31.5 Å². The van der Waals surface area contributed by atoms with E-state index in [1.165, 1.54) is 0 Å².